The first kappa shape index (κ1) is 14.0. The van der Waals surface area contributed by atoms with Gasteiger partial charge in [-0.3, -0.25) is 0 Å². The van der Waals surface area contributed by atoms with Gasteiger partial charge in [-0.25, -0.2) is 8.42 Å². The van der Waals surface area contributed by atoms with E-state index in [9.17, 15) is 8.42 Å². The van der Waals surface area contributed by atoms with E-state index in [1.54, 1.807) is 46.1 Å². The Hall–Kier alpha value is -1.07. The number of rotatable bonds is 4. The molecule has 0 atom stereocenters. The summed E-state index contributed by atoms with van der Waals surface area (Å²) in [6, 6.07) is 4.91. The van der Waals surface area contributed by atoms with E-state index in [2.05, 4.69) is 0 Å². The summed E-state index contributed by atoms with van der Waals surface area (Å²) in [5.41, 5.74) is 5.69. The van der Waals surface area contributed by atoms with Crippen LogP contribution in [0.2, 0.25) is 0 Å². The van der Waals surface area contributed by atoms with Crippen molar-refractivity contribution in [2.75, 3.05) is 12.9 Å². The summed E-state index contributed by atoms with van der Waals surface area (Å²) in [7, 11) is -1.81. The van der Waals surface area contributed by atoms with Crippen molar-refractivity contribution < 1.29 is 13.2 Å². The normalized spacial score (nSPS) is 12.5. The first-order chi connectivity index (χ1) is 7.65. The Balaban J connectivity index is 3.16. The molecular formula is C12H19NO3S. The number of hydrogen-bond acceptors (Lipinski definition) is 4. The predicted octanol–water partition coefficient (Wildman–Crippen LogP) is 1.51. The van der Waals surface area contributed by atoms with Crippen LogP contribution in [0.4, 0.5) is 0 Å². The Bertz CT molecular complexity index is 501. The number of hydrogen-bond donors (Lipinski definition) is 1. The number of methoxy groups -OCH3 is 1. The average molecular weight is 257 g/mol. The monoisotopic (exact) mass is 257 g/mol. The van der Waals surface area contributed by atoms with Gasteiger partial charge in [0.15, 0.2) is 9.84 Å². The maximum atomic E-state index is 12.1. The van der Waals surface area contributed by atoms with E-state index in [0.29, 0.717) is 16.2 Å². The lowest BCUT2D eigenvalue weighted by molar-refractivity contribution is 0.414. The molecule has 0 amide bonds. The molecule has 17 heavy (non-hydrogen) atoms. The summed E-state index contributed by atoms with van der Waals surface area (Å²) < 4.78 is 29.3. The van der Waals surface area contributed by atoms with Crippen LogP contribution in [0.3, 0.4) is 0 Å². The third-order valence-corrected chi connectivity index (χ3v) is 4.53. The van der Waals surface area contributed by atoms with Crippen molar-refractivity contribution in [1.82, 2.24) is 0 Å². The van der Waals surface area contributed by atoms with Gasteiger partial charge in [0.2, 0.25) is 0 Å². The third kappa shape index (κ3) is 3.71. The maximum Gasteiger partial charge on any atom is 0.180 e. The zero-order chi connectivity index (χ0) is 13.3. The van der Waals surface area contributed by atoms with Gasteiger partial charge < -0.3 is 10.5 Å². The lowest BCUT2D eigenvalue weighted by Crippen LogP contribution is -2.40. The van der Waals surface area contributed by atoms with Gasteiger partial charge >= 0.3 is 0 Å². The zero-order valence-electron chi connectivity index (χ0n) is 10.6. The molecule has 0 spiro atoms. The molecule has 0 aliphatic rings. The molecule has 0 aliphatic carbocycles. The van der Waals surface area contributed by atoms with Crippen molar-refractivity contribution in [1.29, 1.82) is 0 Å². The van der Waals surface area contributed by atoms with Crippen LogP contribution in [0.15, 0.2) is 23.1 Å². The SMILES string of the molecule is COc1ccc(S(=O)(=O)CC(C)(C)N)c(C)c1. The van der Waals surface area contributed by atoms with E-state index in [0.717, 1.165) is 0 Å². The molecule has 1 aromatic rings. The number of ether oxygens (including phenoxy) is 1. The van der Waals surface area contributed by atoms with E-state index in [-0.39, 0.29) is 5.75 Å². The molecule has 0 heterocycles. The van der Waals surface area contributed by atoms with Gasteiger partial charge in [0.25, 0.3) is 0 Å². The lowest BCUT2D eigenvalue weighted by atomic mass is 10.1. The molecule has 0 aromatic heterocycles. The van der Waals surface area contributed by atoms with E-state index < -0.39 is 15.4 Å². The highest BCUT2D eigenvalue weighted by atomic mass is 32.2. The van der Waals surface area contributed by atoms with Gasteiger partial charge in [0.1, 0.15) is 5.75 Å². The molecule has 4 nitrogen and oxygen atoms in total. The largest absolute Gasteiger partial charge is 0.497 e. The molecular weight excluding hydrogens is 238 g/mol. The highest BCUT2D eigenvalue weighted by Crippen LogP contribution is 2.23. The fraction of sp³-hybridized carbons (Fsp3) is 0.500. The van der Waals surface area contributed by atoms with E-state index in [1.165, 1.54) is 0 Å². The van der Waals surface area contributed by atoms with Crippen molar-refractivity contribution in [3.8, 4) is 5.75 Å². The molecule has 0 bridgehead atoms. The molecule has 0 saturated heterocycles. The number of nitrogens with two attached hydrogens (primary N) is 1. The number of sulfone groups is 1. The summed E-state index contributed by atoms with van der Waals surface area (Å²) in [5, 5.41) is 0. The van der Waals surface area contributed by atoms with E-state index in [4.69, 9.17) is 10.5 Å². The first-order valence-corrected chi connectivity index (χ1v) is 6.97. The average Bonchev–Trinajstić information content (AvgIpc) is 2.13. The number of benzene rings is 1. The van der Waals surface area contributed by atoms with Crippen LogP contribution < -0.4 is 10.5 Å². The van der Waals surface area contributed by atoms with Crippen LogP contribution in [0, 0.1) is 6.92 Å². The van der Waals surface area contributed by atoms with Crippen molar-refractivity contribution >= 4 is 9.84 Å². The standard InChI is InChI=1S/C12H19NO3S/c1-9-7-10(16-4)5-6-11(9)17(14,15)8-12(2,3)13/h5-7H,8,13H2,1-4H3. The lowest BCUT2D eigenvalue weighted by Gasteiger charge is -2.19. The summed E-state index contributed by atoms with van der Waals surface area (Å²) in [4.78, 5) is 0.317. The second-order valence-electron chi connectivity index (χ2n) is 4.88. The maximum absolute atomic E-state index is 12.1. The fourth-order valence-corrected chi connectivity index (χ4v) is 3.63. The van der Waals surface area contributed by atoms with Crippen LogP contribution in [-0.2, 0) is 9.84 Å². The highest BCUT2D eigenvalue weighted by molar-refractivity contribution is 7.91. The Labute approximate surface area is 103 Å². The molecule has 0 fully saturated rings. The van der Waals surface area contributed by atoms with Crippen LogP contribution in [0.25, 0.3) is 0 Å². The van der Waals surface area contributed by atoms with Gasteiger partial charge in [-0.2, -0.15) is 0 Å². The Morgan fingerprint density at radius 2 is 1.94 bits per heavy atom. The third-order valence-electron chi connectivity index (χ3n) is 2.28. The molecule has 0 unspecified atom stereocenters. The molecule has 1 rings (SSSR count). The molecule has 0 radical (unpaired) electrons. The van der Waals surface area contributed by atoms with Crippen molar-refractivity contribution in [3.05, 3.63) is 23.8 Å². The van der Waals surface area contributed by atoms with Crippen molar-refractivity contribution in [3.63, 3.8) is 0 Å². The first-order valence-electron chi connectivity index (χ1n) is 5.32. The van der Waals surface area contributed by atoms with Crippen LogP contribution in [-0.4, -0.2) is 26.8 Å². The minimum absolute atomic E-state index is 0.0762. The van der Waals surface area contributed by atoms with Crippen molar-refractivity contribution in [2.24, 2.45) is 5.73 Å². The van der Waals surface area contributed by atoms with Gasteiger partial charge in [-0.1, -0.05) is 0 Å². The second kappa shape index (κ2) is 4.66. The summed E-state index contributed by atoms with van der Waals surface area (Å²) >= 11 is 0. The van der Waals surface area contributed by atoms with Crippen LogP contribution in [0.1, 0.15) is 19.4 Å². The molecule has 1 aromatic carbocycles. The molecule has 96 valence electrons. The molecule has 2 N–H and O–H groups in total. The van der Waals surface area contributed by atoms with Crippen molar-refractivity contribution in [2.45, 2.75) is 31.2 Å². The van der Waals surface area contributed by atoms with Gasteiger partial charge in [-0.15, -0.1) is 0 Å². The Morgan fingerprint density at radius 3 is 2.35 bits per heavy atom. The quantitative estimate of drug-likeness (QED) is 0.887. The smallest absolute Gasteiger partial charge is 0.180 e. The van der Waals surface area contributed by atoms with Gasteiger partial charge in [0.05, 0.1) is 17.8 Å². The summed E-state index contributed by atoms with van der Waals surface area (Å²) in [6.45, 7) is 5.14. The highest BCUT2D eigenvalue weighted by Gasteiger charge is 2.25. The minimum Gasteiger partial charge on any atom is -0.497 e. The predicted molar refractivity (Wildman–Crippen MR) is 68.1 cm³/mol. The van der Waals surface area contributed by atoms with Gasteiger partial charge in [-0.05, 0) is 44.5 Å². The fourth-order valence-electron chi connectivity index (χ4n) is 1.67. The Kier molecular flexibility index (Phi) is 3.84. The van der Waals surface area contributed by atoms with Crippen LogP contribution >= 0.6 is 0 Å². The van der Waals surface area contributed by atoms with E-state index in [1.807, 2.05) is 0 Å². The summed E-state index contributed by atoms with van der Waals surface area (Å²) in [6.07, 6.45) is 0. The number of aryl methyl sites for hydroxylation is 1. The topological polar surface area (TPSA) is 69.4 Å². The second-order valence-corrected chi connectivity index (χ2v) is 6.84. The Morgan fingerprint density at radius 1 is 1.35 bits per heavy atom. The van der Waals surface area contributed by atoms with Crippen LogP contribution in [0.5, 0.6) is 5.75 Å². The molecule has 5 heteroatoms. The zero-order valence-corrected chi connectivity index (χ0v) is 11.5. The van der Waals surface area contributed by atoms with Gasteiger partial charge in [0, 0.05) is 5.54 Å². The molecule has 0 saturated carbocycles. The minimum atomic E-state index is -3.35. The molecule has 0 aliphatic heterocycles. The summed E-state index contributed by atoms with van der Waals surface area (Å²) in [5.74, 6) is 0.570. The van der Waals surface area contributed by atoms with E-state index >= 15 is 0 Å².